The van der Waals surface area contributed by atoms with E-state index in [2.05, 4.69) is 26.5 Å². The van der Waals surface area contributed by atoms with Crippen molar-refractivity contribution in [2.45, 2.75) is 68.5 Å². The maximum atomic E-state index is 6.17. The SMILES string of the molecule is CCCC(S)[Si]1(OCCCO[Si]2(CCC(C)S)OCCCO2)OCCCO1. The van der Waals surface area contributed by atoms with E-state index in [4.69, 9.17) is 39.2 Å². The van der Waals surface area contributed by atoms with Crippen LogP contribution in [0.3, 0.4) is 0 Å². The Balaban J connectivity index is 1.77. The zero-order chi connectivity index (χ0) is 19.6. The standard InChI is InChI=1S/C17H36O6S2Si2/c1-3-7-17(25)27(22-13-6-14-23-27)21-12-5-11-20-26(15-8-16(2)24)18-9-4-10-19-26/h16-17,24-25H,3-15H2,1-2H3. The summed E-state index contributed by atoms with van der Waals surface area (Å²) in [5.74, 6) is 0. The van der Waals surface area contributed by atoms with Gasteiger partial charge in [-0.15, -0.1) is 0 Å². The predicted molar refractivity (Wildman–Crippen MR) is 117 cm³/mol. The number of hydrogen-bond donors (Lipinski definition) is 2. The van der Waals surface area contributed by atoms with Gasteiger partial charge in [0, 0.05) is 45.7 Å². The van der Waals surface area contributed by atoms with Crippen molar-refractivity contribution in [3.8, 4) is 0 Å². The second kappa shape index (κ2) is 12.6. The lowest BCUT2D eigenvalue weighted by Gasteiger charge is -2.37. The van der Waals surface area contributed by atoms with Gasteiger partial charge in [-0.3, -0.25) is 0 Å². The van der Waals surface area contributed by atoms with E-state index in [0.717, 1.165) is 57.8 Å². The highest BCUT2D eigenvalue weighted by molar-refractivity contribution is 7.83. The van der Waals surface area contributed by atoms with Gasteiger partial charge in [0.2, 0.25) is 0 Å². The number of hydrogen-bond acceptors (Lipinski definition) is 8. The summed E-state index contributed by atoms with van der Waals surface area (Å²) in [6, 6.07) is 0.818. The van der Waals surface area contributed by atoms with E-state index in [0.29, 0.717) is 31.7 Å². The van der Waals surface area contributed by atoms with Crippen molar-refractivity contribution >= 4 is 42.9 Å². The first-order valence-corrected chi connectivity index (χ1v) is 15.0. The van der Waals surface area contributed by atoms with Crippen molar-refractivity contribution in [3.05, 3.63) is 0 Å². The van der Waals surface area contributed by atoms with Crippen LogP contribution in [0.1, 0.15) is 52.4 Å². The highest BCUT2D eigenvalue weighted by Crippen LogP contribution is 2.27. The van der Waals surface area contributed by atoms with Crippen molar-refractivity contribution in [2.75, 3.05) is 39.6 Å². The maximum Gasteiger partial charge on any atom is 0.514 e. The fourth-order valence-electron chi connectivity index (χ4n) is 3.09. The molecule has 2 atom stereocenters. The topological polar surface area (TPSA) is 55.4 Å². The molecule has 0 aromatic carbocycles. The van der Waals surface area contributed by atoms with Crippen LogP contribution >= 0.6 is 25.3 Å². The molecule has 10 heteroatoms. The first-order chi connectivity index (χ1) is 13.0. The quantitative estimate of drug-likeness (QED) is 0.266. The molecule has 0 aromatic heterocycles. The van der Waals surface area contributed by atoms with E-state index in [1.54, 1.807) is 0 Å². The lowest BCUT2D eigenvalue weighted by Crippen LogP contribution is -2.57. The second-order valence-electron chi connectivity index (χ2n) is 7.13. The molecule has 2 heterocycles. The molecule has 160 valence electrons. The minimum absolute atomic E-state index is 0.0336. The molecule has 2 aliphatic heterocycles. The molecule has 0 spiro atoms. The van der Waals surface area contributed by atoms with Gasteiger partial charge < -0.3 is 26.6 Å². The predicted octanol–water partition coefficient (Wildman–Crippen LogP) is 3.51. The van der Waals surface area contributed by atoms with Gasteiger partial charge in [-0.1, -0.05) is 20.3 Å². The van der Waals surface area contributed by atoms with Crippen LogP contribution in [0.25, 0.3) is 0 Å². The molecule has 0 bridgehead atoms. The minimum atomic E-state index is -2.70. The van der Waals surface area contributed by atoms with Gasteiger partial charge in [0.1, 0.15) is 0 Å². The monoisotopic (exact) mass is 456 g/mol. The summed E-state index contributed by atoms with van der Waals surface area (Å²) in [7, 11) is -5.26. The lowest BCUT2D eigenvalue weighted by atomic mass is 10.4. The van der Waals surface area contributed by atoms with Crippen LogP contribution in [-0.2, 0) is 26.6 Å². The van der Waals surface area contributed by atoms with Crippen molar-refractivity contribution in [1.29, 1.82) is 0 Å². The van der Waals surface area contributed by atoms with Crippen molar-refractivity contribution in [3.63, 3.8) is 0 Å². The van der Waals surface area contributed by atoms with Crippen LogP contribution in [-0.4, -0.2) is 67.4 Å². The third kappa shape index (κ3) is 7.91. The largest absolute Gasteiger partial charge is 0.514 e. The number of thiol groups is 2. The second-order valence-corrected chi connectivity index (χ2v) is 14.6. The molecule has 0 saturated carbocycles. The Morgan fingerprint density at radius 3 is 2.07 bits per heavy atom. The molecule has 2 unspecified atom stereocenters. The molecule has 2 rings (SSSR count). The van der Waals surface area contributed by atoms with E-state index in [9.17, 15) is 0 Å². The summed E-state index contributed by atoms with van der Waals surface area (Å²) in [6.45, 7) is 8.16. The smallest absolute Gasteiger partial charge is 0.373 e. The first-order valence-electron chi connectivity index (χ1n) is 10.2. The molecule has 0 radical (unpaired) electrons. The normalized spacial score (nSPS) is 24.4. The van der Waals surface area contributed by atoms with Crippen molar-refractivity contribution in [1.82, 2.24) is 0 Å². The van der Waals surface area contributed by atoms with E-state index >= 15 is 0 Å². The Hall–Kier alpha value is 0.894. The molecule has 2 aliphatic rings. The highest BCUT2D eigenvalue weighted by atomic mass is 32.1. The molecule has 0 amide bonds. The van der Waals surface area contributed by atoms with Gasteiger partial charge in [0.05, 0.1) is 4.87 Å². The van der Waals surface area contributed by atoms with Gasteiger partial charge in [-0.2, -0.15) is 25.3 Å². The van der Waals surface area contributed by atoms with Crippen LogP contribution in [0.5, 0.6) is 0 Å². The Morgan fingerprint density at radius 2 is 1.48 bits per heavy atom. The molecular formula is C17H36O6S2Si2. The summed E-state index contributed by atoms with van der Waals surface area (Å²) in [4.78, 5) is 0.0336. The molecule has 0 N–H and O–H groups in total. The molecule has 27 heavy (non-hydrogen) atoms. The average Bonchev–Trinajstić information content (AvgIpc) is 2.68. The van der Waals surface area contributed by atoms with E-state index in [1.807, 2.05) is 0 Å². The Labute approximate surface area is 177 Å². The van der Waals surface area contributed by atoms with Crippen LogP contribution in [0.2, 0.25) is 6.04 Å². The van der Waals surface area contributed by atoms with Crippen LogP contribution in [0.15, 0.2) is 0 Å². The lowest BCUT2D eigenvalue weighted by molar-refractivity contribution is 0.00613. The van der Waals surface area contributed by atoms with Gasteiger partial charge in [0.25, 0.3) is 0 Å². The molecule has 6 nitrogen and oxygen atoms in total. The Morgan fingerprint density at radius 1 is 0.889 bits per heavy atom. The van der Waals surface area contributed by atoms with Gasteiger partial charge in [-0.05, 0) is 37.4 Å². The average molecular weight is 457 g/mol. The van der Waals surface area contributed by atoms with E-state index < -0.39 is 17.6 Å². The summed E-state index contributed by atoms with van der Waals surface area (Å²) in [6.07, 6.45) is 5.51. The minimum Gasteiger partial charge on any atom is -0.373 e. The van der Waals surface area contributed by atoms with Crippen molar-refractivity contribution < 1.29 is 26.6 Å². The van der Waals surface area contributed by atoms with Crippen LogP contribution in [0, 0.1) is 0 Å². The highest BCUT2D eigenvalue weighted by Gasteiger charge is 2.49. The summed E-state index contributed by atoms with van der Waals surface area (Å²) in [5, 5.41) is 0.313. The molecule has 2 fully saturated rings. The zero-order valence-corrected chi connectivity index (χ0v) is 20.5. The van der Waals surface area contributed by atoms with E-state index in [1.165, 1.54) is 0 Å². The third-order valence-electron chi connectivity index (χ3n) is 4.58. The molecule has 2 saturated heterocycles. The van der Waals surface area contributed by atoms with Gasteiger partial charge >= 0.3 is 17.6 Å². The van der Waals surface area contributed by atoms with Gasteiger partial charge in [0.15, 0.2) is 0 Å². The van der Waals surface area contributed by atoms with Crippen LogP contribution < -0.4 is 0 Å². The molecule has 0 aliphatic carbocycles. The zero-order valence-electron chi connectivity index (χ0n) is 16.7. The maximum absolute atomic E-state index is 6.17. The van der Waals surface area contributed by atoms with Crippen molar-refractivity contribution in [2.24, 2.45) is 0 Å². The molecule has 0 aromatic rings. The van der Waals surface area contributed by atoms with Gasteiger partial charge in [-0.25, -0.2) is 0 Å². The summed E-state index contributed by atoms with van der Waals surface area (Å²) in [5.41, 5.74) is 0. The fraction of sp³-hybridized carbons (Fsp3) is 1.00. The Kier molecular flexibility index (Phi) is 11.2. The van der Waals surface area contributed by atoms with E-state index in [-0.39, 0.29) is 4.87 Å². The fourth-order valence-corrected chi connectivity index (χ4v) is 9.99. The Bertz CT molecular complexity index is 407. The first kappa shape index (κ1) is 24.2. The third-order valence-corrected chi connectivity index (χ3v) is 11.8. The summed E-state index contributed by atoms with van der Waals surface area (Å²) < 4.78 is 36.2. The summed E-state index contributed by atoms with van der Waals surface area (Å²) >= 11 is 9.19. The number of rotatable bonds is 12. The van der Waals surface area contributed by atoms with Crippen LogP contribution in [0.4, 0.5) is 0 Å². The molecular weight excluding hydrogens is 420 g/mol.